The predicted molar refractivity (Wildman–Crippen MR) is 48.0 cm³/mol. The van der Waals surface area contributed by atoms with E-state index in [4.69, 9.17) is 11.6 Å². The van der Waals surface area contributed by atoms with Crippen LogP contribution in [0.25, 0.3) is 0 Å². The van der Waals surface area contributed by atoms with Crippen LogP contribution in [0.5, 0.6) is 0 Å². The van der Waals surface area contributed by atoms with Gasteiger partial charge in [0, 0.05) is 17.2 Å². The summed E-state index contributed by atoms with van der Waals surface area (Å²) in [4.78, 5) is 20.7. The van der Waals surface area contributed by atoms with Crippen molar-refractivity contribution in [1.29, 1.82) is 0 Å². The number of carbonyl (C=O) groups is 1. The number of hydrogen-bond acceptors (Lipinski definition) is 3. The molecule has 1 aromatic carbocycles. The molecule has 13 heavy (non-hydrogen) atoms. The molecule has 0 saturated carbocycles. The zero-order valence-corrected chi connectivity index (χ0v) is 7.54. The SMILES string of the molecule is Cc1c(C(=O)Cl)cccc1[N+](=O)[O-]. The summed E-state index contributed by atoms with van der Waals surface area (Å²) in [5.74, 6) is 0. The summed E-state index contributed by atoms with van der Waals surface area (Å²) in [6.07, 6.45) is 0. The van der Waals surface area contributed by atoms with Crippen molar-refractivity contribution >= 4 is 22.5 Å². The first-order valence-corrected chi connectivity index (χ1v) is 3.85. The van der Waals surface area contributed by atoms with Gasteiger partial charge in [-0.15, -0.1) is 0 Å². The molecule has 0 spiro atoms. The maximum Gasteiger partial charge on any atom is 0.273 e. The van der Waals surface area contributed by atoms with Crippen LogP contribution in [0.3, 0.4) is 0 Å². The summed E-state index contributed by atoms with van der Waals surface area (Å²) in [5.41, 5.74) is 0.384. The van der Waals surface area contributed by atoms with Crippen molar-refractivity contribution in [2.45, 2.75) is 6.92 Å². The molecule has 0 unspecified atom stereocenters. The number of nitro groups is 1. The van der Waals surface area contributed by atoms with Crippen LogP contribution in [0.15, 0.2) is 18.2 Å². The Bertz CT molecular complexity index is 343. The van der Waals surface area contributed by atoms with Gasteiger partial charge in [-0.05, 0) is 24.6 Å². The third kappa shape index (κ3) is 1.84. The average molecular weight is 200 g/mol. The second kappa shape index (κ2) is 3.53. The lowest BCUT2D eigenvalue weighted by molar-refractivity contribution is -0.385. The van der Waals surface area contributed by atoms with Gasteiger partial charge in [-0.1, -0.05) is 6.07 Å². The van der Waals surface area contributed by atoms with Gasteiger partial charge in [-0.2, -0.15) is 0 Å². The largest absolute Gasteiger partial charge is 0.276 e. The Balaban J connectivity index is 3.35. The van der Waals surface area contributed by atoms with Gasteiger partial charge in [-0.25, -0.2) is 0 Å². The van der Waals surface area contributed by atoms with Gasteiger partial charge in [0.1, 0.15) is 0 Å². The van der Waals surface area contributed by atoms with E-state index in [2.05, 4.69) is 0 Å². The Hall–Kier alpha value is -1.42. The highest BCUT2D eigenvalue weighted by molar-refractivity contribution is 6.68. The Labute approximate surface area is 79.3 Å². The normalized spacial score (nSPS) is 9.69. The fourth-order valence-electron chi connectivity index (χ4n) is 1.03. The molecule has 0 radical (unpaired) electrons. The molecule has 1 rings (SSSR count). The zero-order chi connectivity index (χ0) is 10.0. The molecule has 0 atom stereocenters. The highest BCUT2D eigenvalue weighted by atomic mass is 35.5. The molecule has 0 N–H and O–H groups in total. The molecule has 0 aliphatic rings. The van der Waals surface area contributed by atoms with Crippen LogP contribution in [-0.4, -0.2) is 10.2 Å². The highest BCUT2D eigenvalue weighted by Crippen LogP contribution is 2.21. The monoisotopic (exact) mass is 199 g/mol. The molecule has 0 heterocycles. The van der Waals surface area contributed by atoms with Gasteiger partial charge in [0.2, 0.25) is 0 Å². The fraction of sp³-hybridized carbons (Fsp3) is 0.125. The lowest BCUT2D eigenvalue weighted by Gasteiger charge is -2.00. The summed E-state index contributed by atoms with van der Waals surface area (Å²) >= 11 is 5.22. The second-order valence-electron chi connectivity index (χ2n) is 2.48. The quantitative estimate of drug-likeness (QED) is 0.417. The summed E-state index contributed by atoms with van der Waals surface area (Å²) in [6.45, 7) is 1.49. The minimum Gasteiger partial charge on any atom is -0.276 e. The maximum absolute atomic E-state index is 10.8. The third-order valence-corrected chi connectivity index (χ3v) is 1.92. The maximum atomic E-state index is 10.8. The van der Waals surface area contributed by atoms with Gasteiger partial charge in [-0.3, -0.25) is 14.9 Å². The molecule has 4 nitrogen and oxygen atoms in total. The van der Waals surface area contributed by atoms with E-state index < -0.39 is 10.2 Å². The van der Waals surface area contributed by atoms with E-state index in [1.54, 1.807) is 0 Å². The van der Waals surface area contributed by atoms with Gasteiger partial charge >= 0.3 is 0 Å². The van der Waals surface area contributed by atoms with Gasteiger partial charge in [0.25, 0.3) is 10.9 Å². The zero-order valence-electron chi connectivity index (χ0n) is 6.78. The molecule has 5 heteroatoms. The summed E-state index contributed by atoms with van der Waals surface area (Å²) in [6, 6.07) is 4.22. The second-order valence-corrected chi connectivity index (χ2v) is 2.82. The number of rotatable bonds is 2. The number of benzene rings is 1. The van der Waals surface area contributed by atoms with Gasteiger partial charge in [0.15, 0.2) is 0 Å². The molecular formula is C8H6ClNO3. The van der Waals surface area contributed by atoms with Crippen molar-refractivity contribution in [2.24, 2.45) is 0 Å². The molecule has 0 bridgehead atoms. The van der Waals surface area contributed by atoms with Crippen LogP contribution in [0.2, 0.25) is 0 Å². The van der Waals surface area contributed by atoms with E-state index in [1.807, 2.05) is 0 Å². The van der Waals surface area contributed by atoms with Crippen LogP contribution in [0.1, 0.15) is 15.9 Å². The lowest BCUT2D eigenvalue weighted by Crippen LogP contribution is -1.98. The highest BCUT2D eigenvalue weighted by Gasteiger charge is 2.15. The first-order valence-electron chi connectivity index (χ1n) is 3.48. The number of nitro benzene ring substituents is 1. The Morgan fingerprint density at radius 1 is 1.54 bits per heavy atom. The Morgan fingerprint density at radius 2 is 2.15 bits per heavy atom. The van der Waals surface area contributed by atoms with E-state index in [-0.39, 0.29) is 11.3 Å². The Kier molecular flexibility index (Phi) is 2.63. The molecule has 0 amide bonds. The first kappa shape index (κ1) is 9.67. The summed E-state index contributed by atoms with van der Waals surface area (Å²) in [5, 5.41) is 9.77. The third-order valence-electron chi connectivity index (χ3n) is 1.71. The number of carbonyl (C=O) groups excluding carboxylic acids is 1. The number of halogens is 1. The minimum atomic E-state index is -0.679. The van der Waals surface area contributed by atoms with Crippen molar-refractivity contribution in [3.05, 3.63) is 39.4 Å². The van der Waals surface area contributed by atoms with Crippen molar-refractivity contribution in [2.75, 3.05) is 0 Å². The molecule has 0 aliphatic heterocycles. The number of nitrogens with zero attached hydrogens (tertiary/aromatic N) is 1. The molecule has 0 aliphatic carbocycles. The molecule has 1 aromatic rings. The first-order chi connectivity index (χ1) is 6.04. The average Bonchev–Trinajstić information content (AvgIpc) is 2.03. The van der Waals surface area contributed by atoms with Crippen molar-refractivity contribution < 1.29 is 9.72 Å². The molecule has 0 fully saturated rings. The summed E-state index contributed by atoms with van der Waals surface area (Å²) in [7, 11) is 0. The van der Waals surface area contributed by atoms with Crippen LogP contribution in [0, 0.1) is 17.0 Å². The van der Waals surface area contributed by atoms with Gasteiger partial charge in [0.05, 0.1) is 4.92 Å². The molecule has 0 saturated heterocycles. The van der Waals surface area contributed by atoms with E-state index in [9.17, 15) is 14.9 Å². The van der Waals surface area contributed by atoms with Crippen molar-refractivity contribution in [3.63, 3.8) is 0 Å². The van der Waals surface area contributed by atoms with E-state index in [0.29, 0.717) is 5.56 Å². The standard InChI is InChI=1S/C8H6ClNO3/c1-5-6(8(9)11)3-2-4-7(5)10(12)13/h2-4H,1H3. The summed E-state index contributed by atoms with van der Waals surface area (Å²) < 4.78 is 0. The van der Waals surface area contributed by atoms with Crippen molar-refractivity contribution in [1.82, 2.24) is 0 Å². The molecular weight excluding hydrogens is 194 g/mol. The van der Waals surface area contributed by atoms with E-state index in [0.717, 1.165) is 0 Å². The van der Waals surface area contributed by atoms with Gasteiger partial charge < -0.3 is 0 Å². The fourth-order valence-corrected chi connectivity index (χ4v) is 1.24. The van der Waals surface area contributed by atoms with Crippen molar-refractivity contribution in [3.8, 4) is 0 Å². The van der Waals surface area contributed by atoms with E-state index in [1.165, 1.54) is 25.1 Å². The molecule has 0 aromatic heterocycles. The van der Waals surface area contributed by atoms with Crippen LogP contribution < -0.4 is 0 Å². The van der Waals surface area contributed by atoms with E-state index >= 15 is 0 Å². The van der Waals surface area contributed by atoms with Crippen LogP contribution in [0.4, 0.5) is 5.69 Å². The predicted octanol–water partition coefficient (Wildman–Crippen LogP) is 2.28. The molecule has 68 valence electrons. The number of hydrogen-bond donors (Lipinski definition) is 0. The minimum absolute atomic E-state index is 0.0912. The lowest BCUT2D eigenvalue weighted by atomic mass is 10.1. The van der Waals surface area contributed by atoms with Crippen LogP contribution in [-0.2, 0) is 0 Å². The Morgan fingerprint density at radius 3 is 2.62 bits per heavy atom. The smallest absolute Gasteiger partial charge is 0.273 e. The topological polar surface area (TPSA) is 60.2 Å². The van der Waals surface area contributed by atoms with Crippen LogP contribution >= 0.6 is 11.6 Å².